The third-order valence-corrected chi connectivity index (χ3v) is 3.44. The number of alkyl halides is 2. The quantitative estimate of drug-likeness (QED) is 0.891. The van der Waals surface area contributed by atoms with Crippen molar-refractivity contribution in [3.63, 3.8) is 0 Å². The van der Waals surface area contributed by atoms with E-state index in [1.807, 2.05) is 6.07 Å². The summed E-state index contributed by atoms with van der Waals surface area (Å²) in [5.74, 6) is 0.347. The number of halogens is 2. The van der Waals surface area contributed by atoms with Crippen molar-refractivity contribution in [3.05, 3.63) is 29.3 Å². The first-order chi connectivity index (χ1) is 8.72. The largest absolute Gasteiger partial charge is 0.496 e. The molecule has 0 aromatic heterocycles. The SMILES string of the molecule is COc1c(CC2CCCCN2)cccc1C(F)F. The normalized spacial score (nSPS) is 20.1. The number of nitrogens with one attached hydrogen (secondary N) is 1. The smallest absolute Gasteiger partial charge is 0.267 e. The second kappa shape index (κ2) is 6.14. The second-order valence-corrected chi connectivity index (χ2v) is 4.69. The van der Waals surface area contributed by atoms with Crippen LogP contribution in [0.4, 0.5) is 8.78 Å². The van der Waals surface area contributed by atoms with Gasteiger partial charge in [-0.2, -0.15) is 0 Å². The molecule has 18 heavy (non-hydrogen) atoms. The average Bonchev–Trinajstić information content (AvgIpc) is 2.39. The molecule has 4 heteroatoms. The first-order valence-corrected chi connectivity index (χ1v) is 6.39. The fourth-order valence-corrected chi connectivity index (χ4v) is 2.55. The summed E-state index contributed by atoms with van der Waals surface area (Å²) < 4.78 is 30.9. The zero-order chi connectivity index (χ0) is 13.0. The minimum Gasteiger partial charge on any atom is -0.496 e. The van der Waals surface area contributed by atoms with Gasteiger partial charge in [0.1, 0.15) is 5.75 Å². The lowest BCUT2D eigenvalue weighted by Gasteiger charge is -2.24. The Morgan fingerprint density at radius 3 is 2.83 bits per heavy atom. The summed E-state index contributed by atoms with van der Waals surface area (Å²) in [5, 5.41) is 3.42. The van der Waals surface area contributed by atoms with Crippen LogP contribution in [0.15, 0.2) is 18.2 Å². The highest BCUT2D eigenvalue weighted by Gasteiger charge is 2.20. The summed E-state index contributed by atoms with van der Waals surface area (Å²) in [6.45, 7) is 1.02. The number of hydrogen-bond acceptors (Lipinski definition) is 2. The van der Waals surface area contributed by atoms with Gasteiger partial charge < -0.3 is 10.1 Å². The zero-order valence-electron chi connectivity index (χ0n) is 10.6. The van der Waals surface area contributed by atoms with E-state index in [-0.39, 0.29) is 5.56 Å². The Morgan fingerprint density at radius 2 is 2.22 bits per heavy atom. The van der Waals surface area contributed by atoms with Gasteiger partial charge in [0, 0.05) is 6.04 Å². The Bertz CT molecular complexity index is 389. The highest BCUT2D eigenvalue weighted by molar-refractivity contribution is 5.42. The topological polar surface area (TPSA) is 21.3 Å². The molecule has 100 valence electrons. The molecule has 1 heterocycles. The number of hydrogen-bond donors (Lipinski definition) is 1. The first kappa shape index (κ1) is 13.3. The van der Waals surface area contributed by atoms with Crippen LogP contribution in [0.5, 0.6) is 5.75 Å². The molecule has 1 fully saturated rings. The summed E-state index contributed by atoms with van der Waals surface area (Å²) in [6, 6.07) is 5.37. The van der Waals surface area contributed by atoms with Gasteiger partial charge in [0.05, 0.1) is 12.7 Å². The third-order valence-electron chi connectivity index (χ3n) is 3.44. The Morgan fingerprint density at radius 1 is 1.39 bits per heavy atom. The second-order valence-electron chi connectivity index (χ2n) is 4.69. The van der Waals surface area contributed by atoms with Gasteiger partial charge in [-0.1, -0.05) is 18.6 Å². The lowest BCUT2D eigenvalue weighted by Crippen LogP contribution is -2.35. The average molecular weight is 255 g/mol. The Hall–Kier alpha value is -1.16. The van der Waals surface area contributed by atoms with Crippen LogP contribution in [0, 0.1) is 0 Å². The molecule has 1 aromatic carbocycles. The summed E-state index contributed by atoms with van der Waals surface area (Å²) in [4.78, 5) is 0. The number of benzene rings is 1. The van der Waals surface area contributed by atoms with E-state index in [1.54, 1.807) is 6.07 Å². The molecule has 1 aliphatic heterocycles. The fraction of sp³-hybridized carbons (Fsp3) is 0.571. The van der Waals surface area contributed by atoms with Crippen LogP contribution in [-0.2, 0) is 6.42 Å². The molecule has 0 aliphatic carbocycles. The maximum absolute atomic E-state index is 12.9. The summed E-state index contributed by atoms with van der Waals surface area (Å²) in [6.07, 6.45) is 1.77. The third kappa shape index (κ3) is 2.99. The molecule has 0 amide bonds. The molecular formula is C14H19F2NO. The van der Waals surface area contributed by atoms with Gasteiger partial charge in [0.15, 0.2) is 0 Å². The highest BCUT2D eigenvalue weighted by atomic mass is 19.3. The van der Waals surface area contributed by atoms with E-state index in [9.17, 15) is 8.78 Å². The molecule has 0 bridgehead atoms. The fourth-order valence-electron chi connectivity index (χ4n) is 2.55. The van der Waals surface area contributed by atoms with E-state index >= 15 is 0 Å². The lowest BCUT2D eigenvalue weighted by atomic mass is 9.96. The van der Waals surface area contributed by atoms with Crippen LogP contribution >= 0.6 is 0 Å². The van der Waals surface area contributed by atoms with Crippen LogP contribution in [0.2, 0.25) is 0 Å². The van der Waals surface area contributed by atoms with E-state index in [0.29, 0.717) is 11.8 Å². The lowest BCUT2D eigenvalue weighted by molar-refractivity contribution is 0.146. The van der Waals surface area contributed by atoms with Crippen molar-refractivity contribution in [3.8, 4) is 5.75 Å². The van der Waals surface area contributed by atoms with Crippen molar-refractivity contribution in [2.45, 2.75) is 38.2 Å². The predicted octanol–water partition coefficient (Wildman–Crippen LogP) is 3.32. The number of piperidine rings is 1. The molecule has 0 saturated carbocycles. The summed E-state index contributed by atoms with van der Waals surface area (Å²) >= 11 is 0. The van der Waals surface area contributed by atoms with E-state index in [2.05, 4.69) is 5.32 Å². The van der Waals surface area contributed by atoms with Gasteiger partial charge in [-0.15, -0.1) is 0 Å². The van der Waals surface area contributed by atoms with Gasteiger partial charge >= 0.3 is 0 Å². The van der Waals surface area contributed by atoms with Gasteiger partial charge in [-0.05, 0) is 37.4 Å². The van der Waals surface area contributed by atoms with Gasteiger partial charge in [-0.3, -0.25) is 0 Å². The molecule has 0 spiro atoms. The molecule has 2 nitrogen and oxygen atoms in total. The first-order valence-electron chi connectivity index (χ1n) is 6.39. The standard InChI is InChI=1S/C14H19F2NO/c1-18-13-10(5-4-7-12(13)14(15)16)9-11-6-2-3-8-17-11/h4-5,7,11,14,17H,2-3,6,8-9H2,1H3. The minimum absolute atomic E-state index is 0.00851. The Labute approximate surface area is 106 Å². The van der Waals surface area contributed by atoms with Crippen molar-refractivity contribution >= 4 is 0 Å². The van der Waals surface area contributed by atoms with E-state index in [0.717, 1.165) is 24.9 Å². The maximum atomic E-state index is 12.9. The molecule has 1 saturated heterocycles. The Balaban J connectivity index is 2.18. The van der Waals surface area contributed by atoms with Crippen molar-refractivity contribution in [2.75, 3.05) is 13.7 Å². The summed E-state index contributed by atoms with van der Waals surface area (Å²) in [7, 11) is 1.46. The molecule has 1 unspecified atom stereocenters. The molecule has 1 N–H and O–H groups in total. The molecular weight excluding hydrogens is 236 g/mol. The van der Waals surface area contributed by atoms with Crippen molar-refractivity contribution < 1.29 is 13.5 Å². The van der Waals surface area contributed by atoms with Gasteiger partial charge in [-0.25, -0.2) is 8.78 Å². The predicted molar refractivity (Wildman–Crippen MR) is 67.3 cm³/mol. The van der Waals surface area contributed by atoms with Gasteiger partial charge in [0.2, 0.25) is 0 Å². The van der Waals surface area contributed by atoms with Crippen LogP contribution < -0.4 is 10.1 Å². The van der Waals surface area contributed by atoms with Crippen molar-refractivity contribution in [2.24, 2.45) is 0 Å². The minimum atomic E-state index is -2.49. The van der Waals surface area contributed by atoms with E-state index in [4.69, 9.17) is 4.74 Å². The highest BCUT2D eigenvalue weighted by Crippen LogP contribution is 2.33. The number of methoxy groups -OCH3 is 1. The van der Waals surface area contributed by atoms with Crippen molar-refractivity contribution in [1.29, 1.82) is 0 Å². The molecule has 2 rings (SSSR count). The molecule has 1 atom stereocenters. The zero-order valence-corrected chi connectivity index (χ0v) is 10.6. The Kier molecular flexibility index (Phi) is 4.53. The van der Waals surface area contributed by atoms with Crippen LogP contribution in [0.1, 0.15) is 36.8 Å². The number of rotatable bonds is 4. The van der Waals surface area contributed by atoms with E-state index in [1.165, 1.54) is 26.0 Å². The number of ether oxygens (including phenoxy) is 1. The maximum Gasteiger partial charge on any atom is 0.267 e. The van der Waals surface area contributed by atoms with Gasteiger partial charge in [0.25, 0.3) is 6.43 Å². The van der Waals surface area contributed by atoms with E-state index < -0.39 is 6.43 Å². The van der Waals surface area contributed by atoms with Crippen LogP contribution in [0.25, 0.3) is 0 Å². The summed E-state index contributed by atoms with van der Waals surface area (Å²) in [5.41, 5.74) is 0.862. The molecule has 1 aliphatic rings. The van der Waals surface area contributed by atoms with Crippen molar-refractivity contribution in [1.82, 2.24) is 5.32 Å². The monoisotopic (exact) mass is 255 g/mol. The molecule has 0 radical (unpaired) electrons. The molecule has 1 aromatic rings. The van der Waals surface area contributed by atoms with Crippen LogP contribution in [-0.4, -0.2) is 19.7 Å². The van der Waals surface area contributed by atoms with Crippen LogP contribution in [0.3, 0.4) is 0 Å². The number of para-hydroxylation sites is 1.